The van der Waals surface area contributed by atoms with Gasteiger partial charge in [-0.3, -0.25) is 9.69 Å². The summed E-state index contributed by atoms with van der Waals surface area (Å²) in [4.78, 5) is 13.5. The Morgan fingerprint density at radius 2 is 2.16 bits per heavy atom. The maximum atomic E-state index is 11.2. The monoisotopic (exact) mass is 267 g/mol. The summed E-state index contributed by atoms with van der Waals surface area (Å²) in [6.45, 7) is 7.39. The van der Waals surface area contributed by atoms with Crippen LogP contribution in [0.1, 0.15) is 45.3 Å². The number of carbonyl (C=O) groups is 1. The molecule has 108 valence electrons. The molecule has 0 N–H and O–H groups in total. The van der Waals surface area contributed by atoms with Crippen LogP contribution in [0.25, 0.3) is 0 Å². The van der Waals surface area contributed by atoms with E-state index in [0.717, 1.165) is 44.7 Å². The average molecular weight is 267 g/mol. The lowest BCUT2D eigenvalue weighted by molar-refractivity contribution is -0.143. The van der Waals surface area contributed by atoms with E-state index < -0.39 is 0 Å². The van der Waals surface area contributed by atoms with Crippen LogP contribution in [0.3, 0.4) is 0 Å². The summed E-state index contributed by atoms with van der Waals surface area (Å²) in [5.74, 6) is 0.929. The van der Waals surface area contributed by atoms with Gasteiger partial charge in [0.2, 0.25) is 0 Å². The second kappa shape index (κ2) is 9.62. The molecule has 4 heteroatoms. The molecule has 0 unspecified atom stereocenters. The van der Waals surface area contributed by atoms with Gasteiger partial charge in [-0.15, -0.1) is 0 Å². The molecule has 0 aliphatic heterocycles. The van der Waals surface area contributed by atoms with Gasteiger partial charge >= 0.3 is 5.97 Å². The zero-order valence-electron chi connectivity index (χ0n) is 12.1. The first kappa shape index (κ1) is 15.8. The summed E-state index contributed by atoms with van der Waals surface area (Å²) in [7, 11) is 0. The van der Waals surface area contributed by atoms with Gasteiger partial charge in [-0.2, -0.15) is 0 Å². The number of rotatable bonds is 10. The average Bonchev–Trinajstić information content (AvgIpc) is 2.90. The molecular weight excluding hydrogens is 242 g/mol. The highest BCUT2D eigenvalue weighted by molar-refractivity contribution is 5.69. The predicted octanol–water partition coefficient (Wildman–Crippen LogP) is 3.23. The summed E-state index contributed by atoms with van der Waals surface area (Å²) in [6.07, 6.45) is 5.33. The second-order valence-electron chi connectivity index (χ2n) is 4.56. The molecule has 0 aliphatic carbocycles. The highest BCUT2D eigenvalue weighted by atomic mass is 16.5. The smallest absolute Gasteiger partial charge is 0.305 e. The van der Waals surface area contributed by atoms with Crippen LogP contribution in [-0.4, -0.2) is 30.6 Å². The van der Waals surface area contributed by atoms with Crippen molar-refractivity contribution >= 4 is 5.97 Å². The van der Waals surface area contributed by atoms with Crippen LogP contribution in [0.5, 0.6) is 0 Å². The summed E-state index contributed by atoms with van der Waals surface area (Å²) in [5, 5.41) is 0. The summed E-state index contributed by atoms with van der Waals surface area (Å²) < 4.78 is 10.2. The number of ether oxygens (including phenoxy) is 1. The lowest BCUT2D eigenvalue weighted by atomic mass is 10.2. The van der Waals surface area contributed by atoms with Crippen molar-refractivity contribution in [2.45, 2.75) is 46.1 Å². The molecule has 0 bridgehead atoms. The van der Waals surface area contributed by atoms with Crippen LogP contribution in [0.2, 0.25) is 0 Å². The molecule has 0 saturated carbocycles. The second-order valence-corrected chi connectivity index (χ2v) is 4.56. The molecule has 1 heterocycles. The van der Waals surface area contributed by atoms with Gasteiger partial charge in [-0.25, -0.2) is 0 Å². The van der Waals surface area contributed by atoms with Crippen LogP contribution in [-0.2, 0) is 16.1 Å². The van der Waals surface area contributed by atoms with Crippen molar-refractivity contribution in [2.75, 3.05) is 19.7 Å². The predicted molar refractivity (Wildman–Crippen MR) is 74.8 cm³/mol. The number of furan rings is 1. The number of unbranched alkanes of at least 4 members (excludes halogenated alkanes) is 2. The van der Waals surface area contributed by atoms with Crippen LogP contribution in [0.4, 0.5) is 0 Å². The molecule has 1 aromatic rings. The SMILES string of the molecule is CCOC(=O)CCCCCN(CC)Cc1ccco1. The lowest BCUT2D eigenvalue weighted by Gasteiger charge is -2.18. The number of carbonyl (C=O) groups excluding carboxylic acids is 1. The third-order valence-electron chi connectivity index (χ3n) is 3.07. The molecule has 0 spiro atoms. The van der Waals surface area contributed by atoms with Crippen molar-refractivity contribution in [1.29, 1.82) is 0 Å². The van der Waals surface area contributed by atoms with E-state index in [1.165, 1.54) is 0 Å². The Morgan fingerprint density at radius 1 is 1.32 bits per heavy atom. The molecule has 0 radical (unpaired) electrons. The third-order valence-corrected chi connectivity index (χ3v) is 3.07. The molecule has 4 nitrogen and oxygen atoms in total. The zero-order chi connectivity index (χ0) is 13.9. The van der Waals surface area contributed by atoms with Gasteiger partial charge in [-0.05, 0) is 45.0 Å². The lowest BCUT2D eigenvalue weighted by Crippen LogP contribution is -2.23. The molecule has 1 aromatic heterocycles. The van der Waals surface area contributed by atoms with Crippen molar-refractivity contribution in [3.05, 3.63) is 24.2 Å². The van der Waals surface area contributed by atoms with E-state index in [2.05, 4.69) is 11.8 Å². The Labute approximate surface area is 115 Å². The van der Waals surface area contributed by atoms with E-state index in [1.807, 2.05) is 19.1 Å². The van der Waals surface area contributed by atoms with Gasteiger partial charge in [0.15, 0.2) is 0 Å². The van der Waals surface area contributed by atoms with Gasteiger partial charge in [0.25, 0.3) is 0 Å². The minimum atomic E-state index is -0.0783. The molecule has 1 rings (SSSR count). The minimum absolute atomic E-state index is 0.0783. The molecular formula is C15H25NO3. The number of nitrogens with zero attached hydrogens (tertiary/aromatic N) is 1. The van der Waals surface area contributed by atoms with E-state index >= 15 is 0 Å². The fourth-order valence-electron chi connectivity index (χ4n) is 1.99. The van der Waals surface area contributed by atoms with E-state index in [4.69, 9.17) is 9.15 Å². The Kier molecular flexibility index (Phi) is 7.98. The molecule has 0 saturated heterocycles. The van der Waals surface area contributed by atoms with Crippen LogP contribution in [0.15, 0.2) is 22.8 Å². The Balaban J connectivity index is 2.08. The van der Waals surface area contributed by atoms with Crippen molar-refractivity contribution in [2.24, 2.45) is 0 Å². The Morgan fingerprint density at radius 3 is 2.79 bits per heavy atom. The molecule has 0 atom stereocenters. The van der Waals surface area contributed by atoms with Gasteiger partial charge in [0, 0.05) is 6.42 Å². The summed E-state index contributed by atoms with van der Waals surface area (Å²) in [6, 6.07) is 3.92. The van der Waals surface area contributed by atoms with Crippen LogP contribution in [0, 0.1) is 0 Å². The van der Waals surface area contributed by atoms with Crippen LogP contribution < -0.4 is 0 Å². The first-order valence-corrected chi connectivity index (χ1v) is 7.16. The number of hydrogen-bond acceptors (Lipinski definition) is 4. The normalized spacial score (nSPS) is 10.9. The molecule has 0 aliphatic rings. The largest absolute Gasteiger partial charge is 0.468 e. The first-order chi connectivity index (χ1) is 9.26. The van der Waals surface area contributed by atoms with Gasteiger partial charge < -0.3 is 9.15 Å². The van der Waals surface area contributed by atoms with Crippen molar-refractivity contribution in [3.8, 4) is 0 Å². The molecule has 19 heavy (non-hydrogen) atoms. The Hall–Kier alpha value is -1.29. The van der Waals surface area contributed by atoms with Crippen molar-refractivity contribution in [1.82, 2.24) is 4.90 Å². The van der Waals surface area contributed by atoms with Gasteiger partial charge in [0.1, 0.15) is 5.76 Å². The first-order valence-electron chi connectivity index (χ1n) is 7.16. The third kappa shape index (κ3) is 7.01. The van der Waals surface area contributed by atoms with Crippen molar-refractivity contribution in [3.63, 3.8) is 0 Å². The van der Waals surface area contributed by atoms with Gasteiger partial charge in [-0.1, -0.05) is 13.3 Å². The minimum Gasteiger partial charge on any atom is -0.468 e. The molecule has 0 amide bonds. The number of hydrogen-bond donors (Lipinski definition) is 0. The maximum Gasteiger partial charge on any atom is 0.305 e. The maximum absolute atomic E-state index is 11.2. The van der Waals surface area contributed by atoms with E-state index in [-0.39, 0.29) is 5.97 Å². The molecule has 0 fully saturated rings. The zero-order valence-corrected chi connectivity index (χ0v) is 12.1. The highest BCUT2D eigenvalue weighted by Gasteiger charge is 2.06. The molecule has 0 aromatic carbocycles. The van der Waals surface area contributed by atoms with E-state index in [1.54, 1.807) is 6.26 Å². The van der Waals surface area contributed by atoms with E-state index in [9.17, 15) is 4.79 Å². The van der Waals surface area contributed by atoms with Crippen molar-refractivity contribution < 1.29 is 13.9 Å². The van der Waals surface area contributed by atoms with Crippen LogP contribution >= 0.6 is 0 Å². The quantitative estimate of drug-likeness (QED) is 0.482. The van der Waals surface area contributed by atoms with Gasteiger partial charge in [0.05, 0.1) is 19.4 Å². The summed E-state index contributed by atoms with van der Waals surface area (Å²) in [5.41, 5.74) is 0. The fraction of sp³-hybridized carbons (Fsp3) is 0.667. The Bertz CT molecular complexity index is 335. The highest BCUT2D eigenvalue weighted by Crippen LogP contribution is 2.08. The van der Waals surface area contributed by atoms with E-state index in [0.29, 0.717) is 13.0 Å². The fourth-order valence-corrected chi connectivity index (χ4v) is 1.99. The number of esters is 1. The standard InChI is InChI=1S/C15H25NO3/c1-3-16(13-14-9-8-12-19-14)11-7-5-6-10-15(17)18-4-2/h8-9,12H,3-7,10-11,13H2,1-2H3. The topological polar surface area (TPSA) is 42.7 Å². The summed E-state index contributed by atoms with van der Waals surface area (Å²) >= 11 is 0.